The number of hydrogen-bond acceptors (Lipinski definition) is 5. The zero-order valence-electron chi connectivity index (χ0n) is 17.9. The van der Waals surface area contributed by atoms with Crippen LogP contribution >= 0.6 is 22.9 Å². The molecule has 8 nitrogen and oxygen atoms in total. The van der Waals surface area contributed by atoms with Gasteiger partial charge in [-0.2, -0.15) is 0 Å². The molecule has 2 heterocycles. The lowest BCUT2D eigenvalue weighted by atomic mass is 10.0. The number of benzene rings is 2. The normalized spacial score (nSPS) is 13.8. The molecule has 0 bridgehead atoms. The van der Waals surface area contributed by atoms with E-state index in [9.17, 15) is 19.5 Å². The van der Waals surface area contributed by atoms with E-state index in [0.717, 1.165) is 20.2 Å². The van der Waals surface area contributed by atoms with Crippen LogP contribution in [0.5, 0.6) is 0 Å². The van der Waals surface area contributed by atoms with Gasteiger partial charge in [0.05, 0.1) is 24.2 Å². The molecule has 33 heavy (non-hydrogen) atoms. The Balaban J connectivity index is 1.92. The molecule has 0 aliphatic heterocycles. The fourth-order valence-corrected chi connectivity index (χ4v) is 4.37. The smallest absolute Gasteiger partial charge is 0.335 e. The van der Waals surface area contributed by atoms with Crippen LogP contribution in [0.15, 0.2) is 68.5 Å². The summed E-state index contributed by atoms with van der Waals surface area (Å²) in [6.07, 6.45) is 0. The van der Waals surface area contributed by atoms with E-state index in [0.29, 0.717) is 10.7 Å². The van der Waals surface area contributed by atoms with E-state index in [-0.39, 0.29) is 12.2 Å². The highest BCUT2D eigenvalue weighted by atomic mass is 35.5. The number of carbonyl (C=O) groups is 1. The summed E-state index contributed by atoms with van der Waals surface area (Å²) in [5.41, 5.74) is 0.0446. The van der Waals surface area contributed by atoms with Gasteiger partial charge in [0, 0.05) is 9.72 Å². The van der Waals surface area contributed by atoms with Crippen molar-refractivity contribution in [2.75, 3.05) is 0 Å². The van der Waals surface area contributed by atoms with Gasteiger partial charge in [-0.25, -0.2) is 19.1 Å². The first-order chi connectivity index (χ1) is 15.7. The number of nitrogens with one attached hydrogen (secondary N) is 1. The Kier molecular flexibility index (Phi) is 6.35. The number of carboxylic acid groups (broad SMARTS) is 1. The average Bonchev–Trinajstić information content (AvgIpc) is 3.25. The summed E-state index contributed by atoms with van der Waals surface area (Å²) in [5, 5.41) is 12.9. The molecule has 2 atom stereocenters. The number of fused-ring (bicyclic) bond motifs is 1. The third-order valence-corrected chi connectivity index (χ3v) is 6.73. The standard InChI is InChI=1S/C23H21ClN4O4S/c1-13(20(29)30)14(2)28-22(31)26-21(25-18-7-8-19-16(11-18)9-10-33-19)27(23(28)32)12-15-3-5-17(24)6-4-15/h3-11,13-14H,12H2,1-2H3,(H,29,30)(H,25,26,31)/t13-,14+/m1/s1. The molecule has 0 unspecified atom stereocenters. The molecule has 0 saturated heterocycles. The number of nitrogens with zero attached hydrogens (tertiary/aromatic N) is 3. The van der Waals surface area contributed by atoms with Gasteiger partial charge in [-0.3, -0.25) is 14.3 Å². The Morgan fingerprint density at radius 2 is 1.88 bits per heavy atom. The second-order valence-corrected chi connectivity index (χ2v) is 9.13. The average molecular weight is 485 g/mol. The van der Waals surface area contributed by atoms with Crippen molar-refractivity contribution in [3.63, 3.8) is 0 Å². The van der Waals surface area contributed by atoms with Crippen molar-refractivity contribution in [1.29, 1.82) is 0 Å². The summed E-state index contributed by atoms with van der Waals surface area (Å²) < 4.78 is 3.35. The summed E-state index contributed by atoms with van der Waals surface area (Å²) in [7, 11) is 0. The lowest BCUT2D eigenvalue weighted by Gasteiger charge is -2.19. The lowest BCUT2D eigenvalue weighted by molar-refractivity contribution is -0.142. The van der Waals surface area contributed by atoms with Gasteiger partial charge in [0.25, 0.3) is 0 Å². The number of hydrogen-bond donors (Lipinski definition) is 2. The van der Waals surface area contributed by atoms with Gasteiger partial charge in [0.2, 0.25) is 5.62 Å². The third kappa shape index (κ3) is 4.69. The Morgan fingerprint density at radius 1 is 1.15 bits per heavy atom. The van der Waals surface area contributed by atoms with Crippen molar-refractivity contribution in [2.45, 2.75) is 26.4 Å². The summed E-state index contributed by atoms with van der Waals surface area (Å²) in [4.78, 5) is 45.0. The molecule has 0 fully saturated rings. The van der Waals surface area contributed by atoms with Crippen LogP contribution in [-0.4, -0.2) is 25.2 Å². The predicted octanol–water partition coefficient (Wildman–Crippen LogP) is 3.77. The number of H-pyrrole nitrogens is 1. The van der Waals surface area contributed by atoms with Gasteiger partial charge in [-0.1, -0.05) is 23.7 Å². The van der Waals surface area contributed by atoms with Crippen molar-refractivity contribution in [3.8, 4) is 0 Å². The zero-order chi connectivity index (χ0) is 23.7. The first-order valence-electron chi connectivity index (χ1n) is 10.2. The minimum Gasteiger partial charge on any atom is -0.481 e. The number of rotatable bonds is 6. The molecular formula is C23H21ClN4O4S. The predicted molar refractivity (Wildman–Crippen MR) is 128 cm³/mol. The third-order valence-electron chi connectivity index (χ3n) is 5.58. The Labute approximate surface area is 197 Å². The molecule has 0 aliphatic carbocycles. The van der Waals surface area contributed by atoms with Gasteiger partial charge in [-0.05, 0) is 66.6 Å². The van der Waals surface area contributed by atoms with Crippen molar-refractivity contribution >= 4 is 44.7 Å². The van der Waals surface area contributed by atoms with Crippen molar-refractivity contribution in [1.82, 2.24) is 14.1 Å². The van der Waals surface area contributed by atoms with Crippen LogP contribution in [0.2, 0.25) is 5.02 Å². The number of carboxylic acids is 1. The topological polar surface area (TPSA) is 109 Å². The number of halogens is 1. The summed E-state index contributed by atoms with van der Waals surface area (Å²) in [6, 6.07) is 13.7. The molecule has 2 aromatic heterocycles. The molecule has 4 rings (SSSR count). The van der Waals surface area contributed by atoms with Gasteiger partial charge in [0.15, 0.2) is 0 Å². The zero-order valence-corrected chi connectivity index (χ0v) is 19.4. The van der Waals surface area contributed by atoms with Crippen molar-refractivity contribution in [3.05, 3.63) is 91.1 Å². The minimum absolute atomic E-state index is 0.0703. The van der Waals surface area contributed by atoms with Crippen molar-refractivity contribution in [2.24, 2.45) is 10.9 Å². The van der Waals surface area contributed by atoms with E-state index in [1.165, 1.54) is 18.4 Å². The van der Waals surface area contributed by atoms with Crippen LogP contribution in [-0.2, 0) is 11.3 Å². The second kappa shape index (κ2) is 9.21. The molecule has 2 aromatic carbocycles. The summed E-state index contributed by atoms with van der Waals surface area (Å²) in [6.45, 7) is 3.10. The highest BCUT2D eigenvalue weighted by Gasteiger charge is 2.25. The molecule has 0 radical (unpaired) electrons. The first-order valence-corrected chi connectivity index (χ1v) is 11.5. The molecule has 10 heteroatoms. The van der Waals surface area contributed by atoms with Crippen molar-refractivity contribution < 1.29 is 9.90 Å². The number of aliphatic carboxylic acids is 1. The maximum atomic E-state index is 13.4. The lowest BCUT2D eigenvalue weighted by Crippen LogP contribution is -2.52. The molecule has 2 N–H and O–H groups in total. The van der Waals surface area contributed by atoms with Crippen LogP contribution in [0.3, 0.4) is 0 Å². The highest BCUT2D eigenvalue weighted by molar-refractivity contribution is 7.17. The van der Waals surface area contributed by atoms with E-state index in [2.05, 4.69) is 9.98 Å². The Hall–Kier alpha value is -3.43. The largest absolute Gasteiger partial charge is 0.481 e. The van der Waals surface area contributed by atoms with E-state index in [1.54, 1.807) is 35.6 Å². The molecule has 0 aliphatic rings. The van der Waals surface area contributed by atoms with E-state index in [4.69, 9.17) is 11.6 Å². The molecule has 0 spiro atoms. The SMILES string of the molecule is C[C@@H](C(=O)O)[C@H](C)n1c(=O)[nH]/c(=N\c2ccc3sccc3c2)n(Cc2ccc(Cl)cc2)c1=O. The molecular weight excluding hydrogens is 464 g/mol. The van der Waals surface area contributed by atoms with Crippen LogP contribution in [0, 0.1) is 5.92 Å². The van der Waals surface area contributed by atoms with Crippen LogP contribution in [0.1, 0.15) is 25.5 Å². The highest BCUT2D eigenvalue weighted by Crippen LogP contribution is 2.25. The Bertz CT molecular complexity index is 1510. The quantitative estimate of drug-likeness (QED) is 0.434. The minimum atomic E-state index is -1.10. The van der Waals surface area contributed by atoms with E-state index >= 15 is 0 Å². The molecule has 0 saturated carbocycles. The van der Waals surface area contributed by atoms with Gasteiger partial charge < -0.3 is 5.11 Å². The van der Waals surface area contributed by atoms with Gasteiger partial charge >= 0.3 is 17.3 Å². The van der Waals surface area contributed by atoms with E-state index in [1.807, 2.05) is 29.6 Å². The van der Waals surface area contributed by atoms with Gasteiger partial charge in [-0.15, -0.1) is 11.3 Å². The van der Waals surface area contributed by atoms with E-state index < -0.39 is 29.3 Å². The fourth-order valence-electron chi connectivity index (χ4n) is 3.47. The molecule has 4 aromatic rings. The summed E-state index contributed by atoms with van der Waals surface area (Å²) >= 11 is 7.59. The fraction of sp³-hybridized carbons (Fsp3) is 0.217. The molecule has 0 amide bonds. The van der Waals surface area contributed by atoms with Crippen LogP contribution in [0.4, 0.5) is 5.69 Å². The maximum absolute atomic E-state index is 13.4. The van der Waals surface area contributed by atoms with Gasteiger partial charge in [0.1, 0.15) is 0 Å². The Morgan fingerprint density at radius 3 is 2.58 bits per heavy atom. The number of aromatic nitrogens is 3. The number of thiophene rings is 1. The first kappa shape index (κ1) is 22.8. The second-order valence-electron chi connectivity index (χ2n) is 7.74. The summed E-state index contributed by atoms with van der Waals surface area (Å²) in [5.74, 6) is -2.05. The van der Waals surface area contributed by atoms with Crippen LogP contribution < -0.4 is 17.0 Å². The maximum Gasteiger partial charge on any atom is 0.335 e. The molecule has 170 valence electrons. The number of aromatic amines is 1. The monoisotopic (exact) mass is 484 g/mol. The van der Waals surface area contributed by atoms with Crippen LogP contribution in [0.25, 0.3) is 10.1 Å².